The van der Waals surface area contributed by atoms with E-state index in [1.54, 1.807) is 6.33 Å². The standard InChI is InChI=1S/C19H21N5O.CH2O2/c1-13-17(21-12-20-13)11-18(25)24-9-7-15-16(8-10-24)22-23-19(15)14-5-3-2-4-6-14;2-1-3/h2-6,12H,7-11H2,1H3,(H,20,21)(H,22,23);1H,(H,2,3). The fraction of sp³-hybridized carbons (Fsp3) is 0.300. The van der Waals surface area contributed by atoms with Crippen LogP contribution >= 0.6 is 0 Å². The SMILES string of the molecule is Cc1[nH]cnc1CC(=O)N1CCc2[nH]nc(-c3ccccc3)c2CC1.O=CO. The highest BCUT2D eigenvalue weighted by Gasteiger charge is 2.23. The van der Waals surface area contributed by atoms with Gasteiger partial charge in [-0.3, -0.25) is 14.7 Å². The van der Waals surface area contributed by atoms with Crippen LogP contribution in [0.1, 0.15) is 22.6 Å². The normalized spacial score (nSPS) is 13.1. The molecule has 3 N–H and O–H groups in total. The second-order valence-corrected chi connectivity index (χ2v) is 6.53. The van der Waals surface area contributed by atoms with E-state index in [9.17, 15) is 4.79 Å². The van der Waals surface area contributed by atoms with Crippen molar-refractivity contribution in [2.75, 3.05) is 13.1 Å². The number of aromatic amines is 2. The summed E-state index contributed by atoms with van der Waals surface area (Å²) in [6, 6.07) is 10.2. The van der Waals surface area contributed by atoms with Crippen LogP contribution in [-0.2, 0) is 28.9 Å². The first-order valence-electron chi connectivity index (χ1n) is 9.10. The van der Waals surface area contributed by atoms with Gasteiger partial charge < -0.3 is 15.0 Å². The predicted octanol–water partition coefficient (Wildman–Crippen LogP) is 1.98. The average Bonchev–Trinajstić information content (AvgIpc) is 3.23. The number of hydrogen-bond donors (Lipinski definition) is 3. The molecular weight excluding hydrogens is 358 g/mol. The highest BCUT2D eigenvalue weighted by Crippen LogP contribution is 2.26. The van der Waals surface area contributed by atoms with Gasteiger partial charge >= 0.3 is 0 Å². The third kappa shape index (κ3) is 4.28. The number of benzene rings is 1. The predicted molar refractivity (Wildman–Crippen MR) is 104 cm³/mol. The Morgan fingerprint density at radius 2 is 1.96 bits per heavy atom. The average molecular weight is 381 g/mol. The number of aryl methyl sites for hydroxylation is 1. The number of hydrogen-bond acceptors (Lipinski definition) is 4. The maximum absolute atomic E-state index is 12.6. The third-order valence-electron chi connectivity index (χ3n) is 4.87. The molecule has 2 aromatic heterocycles. The lowest BCUT2D eigenvalue weighted by molar-refractivity contribution is -0.130. The van der Waals surface area contributed by atoms with E-state index in [0.29, 0.717) is 19.5 Å². The molecule has 0 saturated carbocycles. The van der Waals surface area contributed by atoms with Crippen molar-refractivity contribution in [3.63, 3.8) is 0 Å². The van der Waals surface area contributed by atoms with Crippen molar-refractivity contribution >= 4 is 12.4 Å². The Morgan fingerprint density at radius 3 is 2.64 bits per heavy atom. The van der Waals surface area contributed by atoms with Crippen molar-refractivity contribution in [2.24, 2.45) is 0 Å². The van der Waals surface area contributed by atoms with Crippen molar-refractivity contribution in [2.45, 2.75) is 26.2 Å². The molecule has 8 heteroatoms. The maximum atomic E-state index is 12.6. The van der Waals surface area contributed by atoms with Crippen LogP contribution in [-0.4, -0.2) is 55.6 Å². The van der Waals surface area contributed by atoms with Crippen molar-refractivity contribution in [3.05, 3.63) is 59.3 Å². The Morgan fingerprint density at radius 1 is 1.25 bits per heavy atom. The quantitative estimate of drug-likeness (QED) is 0.600. The monoisotopic (exact) mass is 381 g/mol. The summed E-state index contributed by atoms with van der Waals surface area (Å²) in [6.07, 6.45) is 3.62. The van der Waals surface area contributed by atoms with E-state index in [4.69, 9.17) is 9.90 Å². The van der Waals surface area contributed by atoms with E-state index in [0.717, 1.165) is 41.2 Å². The molecule has 1 aliphatic rings. The Labute approximate surface area is 162 Å². The molecule has 0 bridgehead atoms. The molecule has 0 spiro atoms. The number of carbonyl (C=O) groups is 2. The molecular formula is C20H23N5O3. The number of rotatable bonds is 3. The first kappa shape index (κ1) is 19.3. The number of imidazole rings is 1. The van der Waals surface area contributed by atoms with Gasteiger partial charge in [0, 0.05) is 42.0 Å². The van der Waals surface area contributed by atoms with Gasteiger partial charge in [-0.15, -0.1) is 0 Å². The van der Waals surface area contributed by atoms with Gasteiger partial charge in [-0.25, -0.2) is 4.98 Å². The fourth-order valence-electron chi connectivity index (χ4n) is 3.39. The van der Waals surface area contributed by atoms with Gasteiger partial charge in [-0.2, -0.15) is 5.10 Å². The minimum absolute atomic E-state index is 0.134. The van der Waals surface area contributed by atoms with Crippen molar-refractivity contribution in [1.29, 1.82) is 0 Å². The molecule has 3 aromatic rings. The molecule has 1 aliphatic heterocycles. The maximum Gasteiger partial charge on any atom is 0.290 e. The van der Waals surface area contributed by atoms with E-state index in [2.05, 4.69) is 32.3 Å². The van der Waals surface area contributed by atoms with E-state index in [1.807, 2.05) is 30.0 Å². The highest BCUT2D eigenvalue weighted by molar-refractivity contribution is 5.79. The van der Waals surface area contributed by atoms with Crippen LogP contribution in [0.5, 0.6) is 0 Å². The molecule has 8 nitrogen and oxygen atoms in total. The van der Waals surface area contributed by atoms with Crippen molar-refractivity contribution in [1.82, 2.24) is 25.1 Å². The second kappa shape index (κ2) is 8.98. The van der Waals surface area contributed by atoms with Gasteiger partial charge in [0.1, 0.15) is 0 Å². The summed E-state index contributed by atoms with van der Waals surface area (Å²) in [5.74, 6) is 0.134. The molecule has 1 amide bonds. The summed E-state index contributed by atoms with van der Waals surface area (Å²) in [6.45, 7) is 3.13. The number of carbonyl (C=O) groups excluding carboxylic acids is 1. The van der Waals surface area contributed by atoms with Crippen LogP contribution < -0.4 is 0 Å². The Kier molecular flexibility index (Phi) is 6.21. The van der Waals surface area contributed by atoms with Crippen LogP contribution in [0.4, 0.5) is 0 Å². The van der Waals surface area contributed by atoms with Gasteiger partial charge in [0.15, 0.2) is 0 Å². The molecule has 0 saturated heterocycles. The van der Waals surface area contributed by atoms with Crippen LogP contribution in [0.15, 0.2) is 36.7 Å². The highest BCUT2D eigenvalue weighted by atomic mass is 16.3. The molecule has 0 aliphatic carbocycles. The molecule has 4 rings (SSSR count). The first-order valence-corrected chi connectivity index (χ1v) is 9.10. The van der Waals surface area contributed by atoms with Gasteiger partial charge in [0.2, 0.25) is 5.91 Å². The zero-order valence-electron chi connectivity index (χ0n) is 15.7. The molecule has 28 heavy (non-hydrogen) atoms. The zero-order valence-corrected chi connectivity index (χ0v) is 15.7. The summed E-state index contributed by atoms with van der Waals surface area (Å²) in [4.78, 5) is 30.2. The molecule has 1 aromatic carbocycles. The minimum atomic E-state index is -0.250. The Balaban J connectivity index is 0.000000706. The topological polar surface area (TPSA) is 115 Å². The molecule has 146 valence electrons. The van der Waals surface area contributed by atoms with E-state index >= 15 is 0 Å². The Bertz CT molecular complexity index is 932. The third-order valence-corrected chi connectivity index (χ3v) is 4.87. The van der Waals surface area contributed by atoms with Gasteiger partial charge in [-0.1, -0.05) is 30.3 Å². The lowest BCUT2D eigenvalue weighted by atomic mass is 10.0. The van der Waals surface area contributed by atoms with Crippen LogP contribution in [0.3, 0.4) is 0 Å². The molecule has 0 radical (unpaired) electrons. The van der Waals surface area contributed by atoms with Crippen molar-refractivity contribution < 1.29 is 14.7 Å². The number of H-pyrrole nitrogens is 2. The van der Waals surface area contributed by atoms with E-state index < -0.39 is 0 Å². The van der Waals surface area contributed by atoms with Crippen LogP contribution in [0, 0.1) is 6.92 Å². The number of fused-ring (bicyclic) bond motifs is 1. The number of nitrogens with zero attached hydrogens (tertiary/aromatic N) is 3. The van der Waals surface area contributed by atoms with Crippen molar-refractivity contribution in [3.8, 4) is 11.3 Å². The van der Waals surface area contributed by atoms with Gasteiger partial charge in [0.25, 0.3) is 6.47 Å². The zero-order chi connectivity index (χ0) is 19.9. The first-order chi connectivity index (χ1) is 13.6. The number of amides is 1. The Hall–Kier alpha value is -3.42. The molecule has 0 atom stereocenters. The summed E-state index contributed by atoms with van der Waals surface area (Å²) < 4.78 is 0. The van der Waals surface area contributed by atoms with Gasteiger partial charge in [-0.05, 0) is 13.3 Å². The number of aromatic nitrogens is 4. The van der Waals surface area contributed by atoms with Gasteiger partial charge in [0.05, 0.1) is 24.1 Å². The van der Waals surface area contributed by atoms with Crippen LogP contribution in [0.2, 0.25) is 0 Å². The summed E-state index contributed by atoms with van der Waals surface area (Å²) in [5.41, 5.74) is 6.30. The largest absolute Gasteiger partial charge is 0.483 e. The second-order valence-electron chi connectivity index (χ2n) is 6.53. The lowest BCUT2D eigenvalue weighted by Crippen LogP contribution is -2.34. The minimum Gasteiger partial charge on any atom is -0.483 e. The van der Waals surface area contributed by atoms with E-state index in [-0.39, 0.29) is 12.4 Å². The summed E-state index contributed by atoms with van der Waals surface area (Å²) in [5, 5.41) is 14.6. The molecule has 3 heterocycles. The van der Waals surface area contributed by atoms with E-state index in [1.165, 1.54) is 5.56 Å². The summed E-state index contributed by atoms with van der Waals surface area (Å²) in [7, 11) is 0. The lowest BCUT2D eigenvalue weighted by Gasteiger charge is -2.20. The van der Waals surface area contributed by atoms with Crippen LogP contribution in [0.25, 0.3) is 11.3 Å². The summed E-state index contributed by atoms with van der Waals surface area (Å²) >= 11 is 0. The molecule has 0 fully saturated rings. The number of carboxylic acid groups (broad SMARTS) is 1. The number of nitrogens with one attached hydrogen (secondary N) is 2. The molecule has 0 unspecified atom stereocenters. The smallest absolute Gasteiger partial charge is 0.290 e. The fourth-order valence-corrected chi connectivity index (χ4v) is 3.39.